The maximum Gasteiger partial charge on any atom is 0.163 e. The maximum absolute atomic E-state index is 6.60. The van der Waals surface area contributed by atoms with E-state index in [1.54, 1.807) is 0 Å². The van der Waals surface area contributed by atoms with Crippen molar-refractivity contribution in [1.29, 1.82) is 0 Å². The van der Waals surface area contributed by atoms with Crippen LogP contribution in [0.3, 0.4) is 0 Å². The number of ether oxygens (including phenoxy) is 2. The second-order valence-corrected chi connectivity index (χ2v) is 12.4. The van der Waals surface area contributed by atoms with Crippen molar-refractivity contribution in [1.82, 2.24) is 4.90 Å². The molecule has 190 valence electrons. The number of rotatable bonds is 10. The van der Waals surface area contributed by atoms with E-state index in [1.807, 2.05) is 13.8 Å². The third-order valence-corrected chi connectivity index (χ3v) is 9.29. The lowest BCUT2D eigenvalue weighted by atomic mass is 10.1. The molecule has 4 aromatic carbocycles. The van der Waals surface area contributed by atoms with Crippen LogP contribution in [-0.4, -0.2) is 35.6 Å². The summed E-state index contributed by atoms with van der Waals surface area (Å²) in [4.78, 5) is 2.50. The molecule has 0 N–H and O–H groups in total. The van der Waals surface area contributed by atoms with Gasteiger partial charge in [0, 0.05) is 25.8 Å². The fourth-order valence-electron chi connectivity index (χ4n) is 5.10. The van der Waals surface area contributed by atoms with Crippen LogP contribution < -0.4 is 10.6 Å². The van der Waals surface area contributed by atoms with Gasteiger partial charge in [0.05, 0.1) is 6.10 Å². The summed E-state index contributed by atoms with van der Waals surface area (Å²) in [6.45, 7) is 6.65. The van der Waals surface area contributed by atoms with Gasteiger partial charge in [-0.1, -0.05) is 121 Å². The van der Waals surface area contributed by atoms with Crippen LogP contribution in [0.5, 0.6) is 0 Å². The SMILES string of the molecule is CC1(C)O[C@@H](CN(Cc2ccccc2)Cc2ccccc2)[C@H](CP(c2ccccc2)c2ccccc2)O1. The van der Waals surface area contributed by atoms with Crippen molar-refractivity contribution >= 4 is 18.5 Å². The Morgan fingerprint density at radius 2 is 1.00 bits per heavy atom. The van der Waals surface area contributed by atoms with Crippen LogP contribution in [0.1, 0.15) is 25.0 Å². The first-order valence-corrected chi connectivity index (χ1v) is 14.6. The molecule has 2 atom stereocenters. The predicted molar refractivity (Wildman–Crippen MR) is 155 cm³/mol. The summed E-state index contributed by atoms with van der Waals surface area (Å²) in [6.07, 6.45) is 0.928. The van der Waals surface area contributed by atoms with E-state index < -0.39 is 13.7 Å². The lowest BCUT2D eigenvalue weighted by Crippen LogP contribution is -2.39. The van der Waals surface area contributed by atoms with E-state index in [4.69, 9.17) is 9.47 Å². The van der Waals surface area contributed by atoms with Gasteiger partial charge >= 0.3 is 0 Å². The molecule has 1 aliphatic heterocycles. The van der Waals surface area contributed by atoms with E-state index >= 15 is 0 Å². The zero-order valence-corrected chi connectivity index (χ0v) is 22.6. The van der Waals surface area contributed by atoms with E-state index in [0.717, 1.165) is 25.8 Å². The van der Waals surface area contributed by atoms with Gasteiger partial charge in [0.1, 0.15) is 6.10 Å². The summed E-state index contributed by atoms with van der Waals surface area (Å²) in [5.74, 6) is -0.602. The number of benzene rings is 4. The van der Waals surface area contributed by atoms with Crippen LogP contribution in [0.2, 0.25) is 0 Å². The van der Waals surface area contributed by atoms with Gasteiger partial charge in [0.2, 0.25) is 0 Å². The molecule has 3 nitrogen and oxygen atoms in total. The molecule has 0 bridgehead atoms. The Morgan fingerprint density at radius 3 is 1.46 bits per heavy atom. The first-order chi connectivity index (χ1) is 18.1. The number of hydrogen-bond acceptors (Lipinski definition) is 3. The quantitative estimate of drug-likeness (QED) is 0.233. The largest absolute Gasteiger partial charge is 0.344 e. The van der Waals surface area contributed by atoms with Crippen molar-refractivity contribution < 1.29 is 9.47 Å². The van der Waals surface area contributed by atoms with E-state index in [2.05, 4.69) is 126 Å². The summed E-state index contributed by atoms with van der Waals surface area (Å²) < 4.78 is 13.2. The van der Waals surface area contributed by atoms with Gasteiger partial charge in [0.25, 0.3) is 0 Å². The van der Waals surface area contributed by atoms with Crippen molar-refractivity contribution in [3.8, 4) is 0 Å². The molecular formula is C33H36NO2P. The van der Waals surface area contributed by atoms with Crippen LogP contribution >= 0.6 is 7.92 Å². The fraction of sp³-hybridized carbons (Fsp3) is 0.273. The smallest absolute Gasteiger partial charge is 0.163 e. The highest BCUT2D eigenvalue weighted by atomic mass is 31.1. The fourth-order valence-corrected chi connectivity index (χ4v) is 7.55. The van der Waals surface area contributed by atoms with Crippen molar-refractivity contribution in [2.45, 2.75) is 44.9 Å². The van der Waals surface area contributed by atoms with E-state index in [1.165, 1.54) is 21.7 Å². The molecule has 0 amide bonds. The summed E-state index contributed by atoms with van der Waals surface area (Å²) >= 11 is 0. The lowest BCUT2D eigenvalue weighted by Gasteiger charge is -2.29. The predicted octanol–water partition coefficient (Wildman–Crippen LogP) is 6.34. The zero-order chi connectivity index (χ0) is 25.5. The van der Waals surface area contributed by atoms with Crippen molar-refractivity contribution in [3.05, 3.63) is 132 Å². The highest BCUT2D eigenvalue weighted by Gasteiger charge is 2.43. The molecule has 1 aliphatic rings. The van der Waals surface area contributed by atoms with Gasteiger partial charge in [-0.15, -0.1) is 0 Å². The van der Waals surface area contributed by atoms with E-state index in [9.17, 15) is 0 Å². The Morgan fingerprint density at radius 1 is 0.595 bits per heavy atom. The van der Waals surface area contributed by atoms with Crippen molar-refractivity contribution in [3.63, 3.8) is 0 Å². The molecule has 37 heavy (non-hydrogen) atoms. The van der Waals surface area contributed by atoms with Crippen LogP contribution in [0, 0.1) is 0 Å². The molecule has 0 saturated carbocycles. The summed E-state index contributed by atoms with van der Waals surface area (Å²) in [5, 5.41) is 2.75. The topological polar surface area (TPSA) is 21.7 Å². The second kappa shape index (κ2) is 12.2. The van der Waals surface area contributed by atoms with Crippen LogP contribution in [0.4, 0.5) is 0 Å². The molecular weight excluding hydrogens is 473 g/mol. The van der Waals surface area contributed by atoms with Gasteiger partial charge in [-0.2, -0.15) is 0 Å². The number of hydrogen-bond donors (Lipinski definition) is 0. The Kier molecular flexibility index (Phi) is 8.48. The lowest BCUT2D eigenvalue weighted by molar-refractivity contribution is -0.146. The Bertz CT molecular complexity index is 1140. The second-order valence-electron chi connectivity index (χ2n) is 10.1. The normalized spacial score (nSPS) is 18.9. The van der Waals surface area contributed by atoms with Gasteiger partial charge in [0.15, 0.2) is 5.79 Å². The highest BCUT2D eigenvalue weighted by Crippen LogP contribution is 2.40. The molecule has 0 aliphatic carbocycles. The maximum atomic E-state index is 6.60. The molecule has 1 saturated heterocycles. The molecule has 0 radical (unpaired) electrons. The number of nitrogens with zero attached hydrogens (tertiary/aromatic N) is 1. The van der Waals surface area contributed by atoms with Gasteiger partial charge in [-0.05, 0) is 43.5 Å². The third-order valence-electron chi connectivity index (χ3n) is 6.72. The van der Waals surface area contributed by atoms with E-state index in [0.29, 0.717) is 0 Å². The average Bonchev–Trinajstić information content (AvgIpc) is 3.21. The third kappa shape index (κ3) is 7.15. The molecule has 1 heterocycles. The summed E-state index contributed by atoms with van der Waals surface area (Å²) in [5.41, 5.74) is 2.62. The van der Waals surface area contributed by atoms with E-state index in [-0.39, 0.29) is 12.2 Å². The van der Waals surface area contributed by atoms with Crippen LogP contribution in [0.15, 0.2) is 121 Å². The monoisotopic (exact) mass is 509 g/mol. The van der Waals surface area contributed by atoms with Crippen LogP contribution in [0.25, 0.3) is 0 Å². The van der Waals surface area contributed by atoms with Gasteiger partial charge < -0.3 is 9.47 Å². The minimum absolute atomic E-state index is 0.00979. The van der Waals surface area contributed by atoms with Crippen molar-refractivity contribution in [2.24, 2.45) is 0 Å². The standard InChI is InChI=1S/C33H36NO2P/c1-33(2)35-31(25-34(23-27-15-7-3-8-16-27)24-28-17-9-4-10-18-28)32(36-33)26-37(29-19-11-5-12-20-29)30-21-13-6-14-22-30/h3-22,31-32H,23-26H2,1-2H3/t31-,32-/m0/s1. The summed E-state index contributed by atoms with van der Waals surface area (Å²) in [7, 11) is -0.575. The Labute approximate surface area is 222 Å². The van der Waals surface area contributed by atoms with Crippen molar-refractivity contribution in [2.75, 3.05) is 12.7 Å². The highest BCUT2D eigenvalue weighted by molar-refractivity contribution is 7.73. The molecule has 4 aromatic rings. The Hall–Kier alpha value is -2.81. The zero-order valence-electron chi connectivity index (χ0n) is 21.7. The Balaban J connectivity index is 1.40. The molecule has 5 rings (SSSR count). The van der Waals surface area contributed by atoms with Gasteiger partial charge in [-0.25, -0.2) is 0 Å². The average molecular weight is 510 g/mol. The minimum Gasteiger partial charge on any atom is -0.344 e. The first-order valence-electron chi connectivity index (χ1n) is 13.1. The van der Waals surface area contributed by atoms with Gasteiger partial charge in [-0.3, -0.25) is 4.90 Å². The first kappa shape index (κ1) is 25.8. The summed E-state index contributed by atoms with van der Waals surface area (Å²) in [6, 6.07) is 43.2. The molecule has 0 spiro atoms. The molecule has 0 unspecified atom stereocenters. The minimum atomic E-state index is -0.602. The molecule has 0 aromatic heterocycles. The molecule has 1 fully saturated rings. The van der Waals surface area contributed by atoms with Crippen LogP contribution in [-0.2, 0) is 22.6 Å². The molecule has 4 heteroatoms.